The summed E-state index contributed by atoms with van der Waals surface area (Å²) in [6, 6.07) is 5.05. The molecule has 3 nitrogen and oxygen atoms in total. The van der Waals surface area contributed by atoms with E-state index in [1.165, 1.54) is 0 Å². The standard InChI is InChI=1S/C13H15BrO3/c1-3-17-13(16)11-5-4-10(8-9(11)2)12(15)6-7-14/h4-5,8H,3,6-7H2,1-2H3. The van der Waals surface area contributed by atoms with E-state index in [9.17, 15) is 9.59 Å². The van der Waals surface area contributed by atoms with Crippen molar-refractivity contribution in [1.29, 1.82) is 0 Å². The number of ether oxygens (including phenoxy) is 1. The molecule has 0 spiro atoms. The summed E-state index contributed by atoms with van der Waals surface area (Å²) in [4.78, 5) is 23.2. The fourth-order valence-corrected chi connectivity index (χ4v) is 1.87. The Kier molecular flexibility index (Phi) is 5.35. The molecular formula is C13H15BrO3. The topological polar surface area (TPSA) is 43.4 Å². The average Bonchev–Trinajstić information content (AvgIpc) is 2.29. The maximum atomic E-state index is 11.7. The van der Waals surface area contributed by atoms with E-state index in [0.29, 0.717) is 29.5 Å². The highest BCUT2D eigenvalue weighted by Crippen LogP contribution is 2.14. The molecule has 0 atom stereocenters. The van der Waals surface area contributed by atoms with E-state index < -0.39 is 0 Å². The Morgan fingerprint density at radius 2 is 2.06 bits per heavy atom. The van der Waals surface area contributed by atoms with Gasteiger partial charge in [-0.1, -0.05) is 22.0 Å². The van der Waals surface area contributed by atoms with Crippen LogP contribution in [0.3, 0.4) is 0 Å². The second-order valence-corrected chi connectivity index (χ2v) is 4.41. The number of ketones is 1. The molecule has 4 heteroatoms. The summed E-state index contributed by atoms with van der Waals surface area (Å²) in [5.74, 6) is -0.273. The summed E-state index contributed by atoms with van der Waals surface area (Å²) in [6.07, 6.45) is 0.457. The maximum absolute atomic E-state index is 11.7. The van der Waals surface area contributed by atoms with E-state index in [-0.39, 0.29) is 11.8 Å². The van der Waals surface area contributed by atoms with Gasteiger partial charge < -0.3 is 4.74 Å². The molecule has 0 N–H and O–H groups in total. The van der Waals surface area contributed by atoms with E-state index in [0.717, 1.165) is 5.56 Å². The number of Topliss-reactive ketones (excluding diaryl/α,β-unsaturated/α-hetero) is 1. The number of aryl methyl sites for hydroxylation is 1. The lowest BCUT2D eigenvalue weighted by molar-refractivity contribution is 0.0525. The quantitative estimate of drug-likeness (QED) is 0.476. The fraction of sp³-hybridized carbons (Fsp3) is 0.385. The molecule has 0 amide bonds. The van der Waals surface area contributed by atoms with Crippen molar-refractivity contribution < 1.29 is 14.3 Å². The smallest absolute Gasteiger partial charge is 0.338 e. The molecule has 17 heavy (non-hydrogen) atoms. The minimum atomic E-state index is -0.343. The van der Waals surface area contributed by atoms with E-state index >= 15 is 0 Å². The zero-order valence-electron chi connectivity index (χ0n) is 9.96. The summed E-state index contributed by atoms with van der Waals surface area (Å²) in [6.45, 7) is 3.92. The number of halogens is 1. The molecule has 0 radical (unpaired) electrons. The number of carbonyl (C=O) groups is 2. The van der Waals surface area contributed by atoms with Crippen LogP contribution in [-0.2, 0) is 4.74 Å². The first-order valence-electron chi connectivity index (χ1n) is 5.47. The van der Waals surface area contributed by atoms with Gasteiger partial charge in [-0.3, -0.25) is 4.79 Å². The molecule has 0 bridgehead atoms. The van der Waals surface area contributed by atoms with E-state index in [1.807, 2.05) is 0 Å². The highest BCUT2D eigenvalue weighted by atomic mass is 79.9. The van der Waals surface area contributed by atoms with E-state index in [2.05, 4.69) is 15.9 Å². The molecule has 92 valence electrons. The second-order valence-electron chi connectivity index (χ2n) is 3.61. The summed E-state index contributed by atoms with van der Waals surface area (Å²) < 4.78 is 4.93. The Labute approximate surface area is 109 Å². The van der Waals surface area contributed by atoms with Crippen LogP contribution in [0.15, 0.2) is 18.2 Å². The van der Waals surface area contributed by atoms with Crippen molar-refractivity contribution in [2.45, 2.75) is 20.3 Å². The highest BCUT2D eigenvalue weighted by Gasteiger charge is 2.12. The predicted octanol–water partition coefficient (Wildman–Crippen LogP) is 3.14. The number of rotatable bonds is 5. The van der Waals surface area contributed by atoms with Crippen LogP contribution in [0.2, 0.25) is 0 Å². The minimum Gasteiger partial charge on any atom is -0.462 e. The van der Waals surface area contributed by atoms with Gasteiger partial charge in [0.1, 0.15) is 0 Å². The van der Waals surface area contributed by atoms with Gasteiger partial charge in [-0.2, -0.15) is 0 Å². The predicted molar refractivity (Wildman–Crippen MR) is 69.9 cm³/mol. The monoisotopic (exact) mass is 298 g/mol. The summed E-state index contributed by atoms with van der Waals surface area (Å²) in [5, 5.41) is 0.643. The Bertz CT molecular complexity index is 427. The number of esters is 1. The first-order chi connectivity index (χ1) is 8.10. The van der Waals surface area contributed by atoms with Gasteiger partial charge >= 0.3 is 5.97 Å². The lowest BCUT2D eigenvalue weighted by atomic mass is 10.0. The SMILES string of the molecule is CCOC(=O)c1ccc(C(=O)CCBr)cc1C. The lowest BCUT2D eigenvalue weighted by Gasteiger charge is -2.07. The molecule has 0 saturated carbocycles. The third-order valence-electron chi connectivity index (χ3n) is 2.37. The molecular weight excluding hydrogens is 284 g/mol. The Morgan fingerprint density at radius 3 is 2.59 bits per heavy atom. The van der Waals surface area contributed by atoms with Crippen molar-refractivity contribution in [1.82, 2.24) is 0 Å². The minimum absolute atomic E-state index is 0.0698. The van der Waals surface area contributed by atoms with Crippen LogP contribution in [0.1, 0.15) is 39.6 Å². The molecule has 0 heterocycles. The Balaban J connectivity index is 2.93. The van der Waals surface area contributed by atoms with Crippen molar-refractivity contribution in [2.24, 2.45) is 0 Å². The third kappa shape index (κ3) is 3.66. The molecule has 0 unspecified atom stereocenters. The zero-order chi connectivity index (χ0) is 12.8. The van der Waals surface area contributed by atoms with Gasteiger partial charge in [-0.25, -0.2) is 4.79 Å². The molecule has 0 aliphatic carbocycles. The van der Waals surface area contributed by atoms with Crippen LogP contribution < -0.4 is 0 Å². The Morgan fingerprint density at radius 1 is 1.35 bits per heavy atom. The first-order valence-corrected chi connectivity index (χ1v) is 6.59. The molecule has 1 rings (SSSR count). The molecule has 0 fully saturated rings. The number of hydrogen-bond donors (Lipinski definition) is 0. The van der Waals surface area contributed by atoms with Gasteiger partial charge in [0.05, 0.1) is 12.2 Å². The largest absolute Gasteiger partial charge is 0.462 e. The Hall–Kier alpha value is -1.16. The molecule has 0 aliphatic rings. The van der Waals surface area contributed by atoms with Crippen molar-refractivity contribution in [3.63, 3.8) is 0 Å². The number of benzene rings is 1. The number of alkyl halides is 1. The van der Waals surface area contributed by atoms with Crippen LogP contribution in [0.25, 0.3) is 0 Å². The zero-order valence-corrected chi connectivity index (χ0v) is 11.5. The summed E-state index contributed by atoms with van der Waals surface area (Å²) >= 11 is 3.23. The highest BCUT2D eigenvalue weighted by molar-refractivity contribution is 9.09. The van der Waals surface area contributed by atoms with Gasteiger partial charge in [-0.05, 0) is 31.5 Å². The second kappa shape index (κ2) is 6.55. The van der Waals surface area contributed by atoms with Crippen molar-refractivity contribution >= 4 is 27.7 Å². The number of hydrogen-bond acceptors (Lipinski definition) is 3. The van der Waals surface area contributed by atoms with Gasteiger partial charge in [0.15, 0.2) is 5.78 Å². The molecule has 0 aromatic heterocycles. The van der Waals surface area contributed by atoms with Crippen LogP contribution >= 0.6 is 15.9 Å². The van der Waals surface area contributed by atoms with Crippen LogP contribution in [0.4, 0.5) is 0 Å². The normalized spacial score (nSPS) is 10.1. The third-order valence-corrected chi connectivity index (χ3v) is 2.76. The lowest BCUT2D eigenvalue weighted by Crippen LogP contribution is -2.08. The van der Waals surface area contributed by atoms with Crippen molar-refractivity contribution in [3.8, 4) is 0 Å². The van der Waals surface area contributed by atoms with Gasteiger partial charge in [0, 0.05) is 17.3 Å². The van der Waals surface area contributed by atoms with Crippen molar-refractivity contribution in [2.75, 3.05) is 11.9 Å². The van der Waals surface area contributed by atoms with Crippen LogP contribution in [0, 0.1) is 6.92 Å². The van der Waals surface area contributed by atoms with Crippen molar-refractivity contribution in [3.05, 3.63) is 34.9 Å². The van der Waals surface area contributed by atoms with Gasteiger partial charge in [-0.15, -0.1) is 0 Å². The van der Waals surface area contributed by atoms with E-state index in [1.54, 1.807) is 32.0 Å². The maximum Gasteiger partial charge on any atom is 0.338 e. The van der Waals surface area contributed by atoms with Gasteiger partial charge in [0.2, 0.25) is 0 Å². The molecule has 1 aromatic rings. The molecule has 0 saturated heterocycles. The van der Waals surface area contributed by atoms with Crippen LogP contribution in [0.5, 0.6) is 0 Å². The summed E-state index contributed by atoms with van der Waals surface area (Å²) in [7, 11) is 0. The first kappa shape index (κ1) is 13.9. The molecule has 1 aromatic carbocycles. The van der Waals surface area contributed by atoms with E-state index in [4.69, 9.17) is 4.74 Å². The number of carbonyl (C=O) groups excluding carboxylic acids is 2. The van der Waals surface area contributed by atoms with Gasteiger partial charge in [0.25, 0.3) is 0 Å². The summed E-state index contributed by atoms with van der Waals surface area (Å²) in [5.41, 5.74) is 1.92. The molecule has 0 aliphatic heterocycles. The average molecular weight is 299 g/mol. The fourth-order valence-electron chi connectivity index (χ4n) is 1.51. The van der Waals surface area contributed by atoms with Crippen LogP contribution in [-0.4, -0.2) is 23.7 Å².